The first-order valence-electron chi connectivity index (χ1n) is 6.68. The Bertz CT molecular complexity index is 550. The maximum Gasteiger partial charge on any atom is 0.325 e. The summed E-state index contributed by atoms with van der Waals surface area (Å²) >= 11 is 3.30. The Morgan fingerprint density at radius 3 is 2.90 bits per heavy atom. The lowest BCUT2D eigenvalue weighted by Gasteiger charge is -2.18. The van der Waals surface area contributed by atoms with Gasteiger partial charge in [0.05, 0.1) is 17.2 Å². The molecule has 0 radical (unpaired) electrons. The molecule has 20 heavy (non-hydrogen) atoms. The van der Waals surface area contributed by atoms with Crippen LogP contribution in [0.5, 0.6) is 0 Å². The van der Waals surface area contributed by atoms with Crippen molar-refractivity contribution in [1.29, 1.82) is 0 Å². The summed E-state index contributed by atoms with van der Waals surface area (Å²) in [4.78, 5) is 30.3. The number of amides is 3. The number of imide groups is 1. The van der Waals surface area contributed by atoms with Gasteiger partial charge in [-0.1, -0.05) is 13.8 Å². The SMILES string of the molecule is CC(C)c1nc(CN2C(=O)NC3(CCSC3)C2=O)cs1. The molecule has 0 bridgehead atoms. The van der Waals surface area contributed by atoms with E-state index in [1.807, 2.05) is 5.38 Å². The highest BCUT2D eigenvalue weighted by Gasteiger charge is 2.52. The average Bonchev–Trinajstić information content (AvgIpc) is 3.08. The Labute approximate surface area is 126 Å². The normalized spacial score (nSPS) is 26.1. The van der Waals surface area contributed by atoms with Crippen LogP contribution in [0.2, 0.25) is 0 Å². The molecule has 1 unspecified atom stereocenters. The standard InChI is InChI=1S/C13H17N3O2S2/c1-8(2)10-14-9(6-20-10)5-16-11(17)13(15-12(16)18)3-4-19-7-13/h6,8H,3-5,7H2,1-2H3,(H,15,18). The van der Waals surface area contributed by atoms with Gasteiger partial charge in [-0.2, -0.15) is 11.8 Å². The number of carbonyl (C=O) groups excluding carboxylic acids is 2. The van der Waals surface area contributed by atoms with Crippen LogP contribution in [0, 0.1) is 0 Å². The molecule has 2 saturated heterocycles. The number of rotatable bonds is 3. The largest absolute Gasteiger partial charge is 0.325 e. The molecule has 1 atom stereocenters. The summed E-state index contributed by atoms with van der Waals surface area (Å²) in [5, 5.41) is 5.85. The zero-order chi connectivity index (χ0) is 14.3. The first kappa shape index (κ1) is 13.9. The highest BCUT2D eigenvalue weighted by atomic mass is 32.2. The van der Waals surface area contributed by atoms with E-state index in [0.29, 0.717) is 11.7 Å². The summed E-state index contributed by atoms with van der Waals surface area (Å²) in [6.45, 7) is 4.45. The van der Waals surface area contributed by atoms with Gasteiger partial charge in [0, 0.05) is 17.1 Å². The molecule has 0 saturated carbocycles. The molecule has 2 aliphatic heterocycles. The zero-order valence-corrected chi connectivity index (χ0v) is 13.1. The second kappa shape index (κ2) is 5.04. The summed E-state index contributed by atoms with van der Waals surface area (Å²) in [6, 6.07) is -0.281. The third-order valence-corrected chi connectivity index (χ3v) is 6.03. The number of carbonyl (C=O) groups is 2. The molecule has 3 amide bonds. The third-order valence-electron chi connectivity index (χ3n) is 3.65. The second-order valence-electron chi connectivity index (χ2n) is 5.54. The molecule has 2 fully saturated rings. The number of nitrogens with one attached hydrogen (secondary N) is 1. The van der Waals surface area contributed by atoms with Crippen molar-refractivity contribution in [2.45, 2.75) is 38.3 Å². The van der Waals surface area contributed by atoms with Gasteiger partial charge in [0.15, 0.2) is 0 Å². The highest BCUT2D eigenvalue weighted by Crippen LogP contribution is 2.34. The lowest BCUT2D eigenvalue weighted by molar-refractivity contribution is -0.130. The minimum Gasteiger partial charge on any atom is -0.322 e. The number of thioether (sulfide) groups is 1. The second-order valence-corrected chi connectivity index (χ2v) is 7.53. The van der Waals surface area contributed by atoms with Crippen LogP contribution in [0.4, 0.5) is 4.79 Å². The van der Waals surface area contributed by atoms with Crippen molar-refractivity contribution in [3.8, 4) is 0 Å². The van der Waals surface area contributed by atoms with Crippen LogP contribution < -0.4 is 5.32 Å². The quantitative estimate of drug-likeness (QED) is 0.869. The molecule has 7 heteroatoms. The van der Waals surface area contributed by atoms with Crippen molar-refractivity contribution in [3.05, 3.63) is 16.1 Å². The van der Waals surface area contributed by atoms with E-state index in [1.165, 1.54) is 4.90 Å². The molecule has 108 valence electrons. The van der Waals surface area contributed by atoms with Crippen LogP contribution in [-0.2, 0) is 11.3 Å². The number of nitrogens with zero attached hydrogens (tertiary/aromatic N) is 2. The minimum atomic E-state index is -0.654. The molecule has 1 N–H and O–H groups in total. The van der Waals surface area contributed by atoms with E-state index >= 15 is 0 Å². The molecular weight excluding hydrogens is 294 g/mol. The smallest absolute Gasteiger partial charge is 0.322 e. The number of thiazole rings is 1. The molecule has 1 aromatic rings. The summed E-state index contributed by atoms with van der Waals surface area (Å²) in [5.41, 5.74) is 0.142. The first-order valence-corrected chi connectivity index (χ1v) is 8.71. The highest BCUT2D eigenvalue weighted by molar-refractivity contribution is 7.99. The summed E-state index contributed by atoms with van der Waals surface area (Å²) in [6.07, 6.45) is 0.729. The molecule has 1 spiro atoms. The predicted octanol–water partition coefficient (Wildman–Crippen LogP) is 2.19. The zero-order valence-electron chi connectivity index (χ0n) is 11.5. The van der Waals surface area contributed by atoms with E-state index in [-0.39, 0.29) is 18.5 Å². The maximum atomic E-state index is 12.5. The minimum absolute atomic E-state index is 0.0911. The van der Waals surface area contributed by atoms with Gasteiger partial charge >= 0.3 is 6.03 Å². The van der Waals surface area contributed by atoms with Crippen molar-refractivity contribution in [3.63, 3.8) is 0 Å². The Balaban J connectivity index is 1.76. The van der Waals surface area contributed by atoms with Crippen LogP contribution in [0.3, 0.4) is 0 Å². The monoisotopic (exact) mass is 311 g/mol. The fraction of sp³-hybridized carbons (Fsp3) is 0.615. The Morgan fingerprint density at radius 1 is 1.50 bits per heavy atom. The van der Waals surface area contributed by atoms with Crippen LogP contribution in [0.15, 0.2) is 5.38 Å². The third kappa shape index (κ3) is 2.22. The average molecular weight is 311 g/mol. The predicted molar refractivity (Wildman–Crippen MR) is 80.0 cm³/mol. The van der Waals surface area contributed by atoms with Gasteiger partial charge in [-0.15, -0.1) is 11.3 Å². The van der Waals surface area contributed by atoms with Gasteiger partial charge < -0.3 is 5.32 Å². The van der Waals surface area contributed by atoms with E-state index in [9.17, 15) is 9.59 Å². The van der Waals surface area contributed by atoms with E-state index < -0.39 is 5.54 Å². The van der Waals surface area contributed by atoms with Gasteiger partial charge in [-0.3, -0.25) is 9.69 Å². The first-order chi connectivity index (χ1) is 9.52. The summed E-state index contributed by atoms with van der Waals surface area (Å²) in [7, 11) is 0. The molecule has 0 aromatic carbocycles. The van der Waals surface area contributed by atoms with Gasteiger partial charge in [-0.25, -0.2) is 9.78 Å². The van der Waals surface area contributed by atoms with Crippen LogP contribution >= 0.6 is 23.1 Å². The van der Waals surface area contributed by atoms with Crippen molar-refractivity contribution in [1.82, 2.24) is 15.2 Å². The number of hydrogen-bond donors (Lipinski definition) is 1. The topological polar surface area (TPSA) is 62.3 Å². The van der Waals surface area contributed by atoms with Crippen molar-refractivity contribution >= 4 is 35.0 Å². The molecular formula is C13H17N3O2S2. The molecule has 3 rings (SSSR count). The molecule has 3 heterocycles. The van der Waals surface area contributed by atoms with Crippen molar-refractivity contribution in [2.24, 2.45) is 0 Å². The van der Waals surface area contributed by atoms with Gasteiger partial charge in [-0.05, 0) is 12.2 Å². The van der Waals surface area contributed by atoms with Gasteiger partial charge in [0.2, 0.25) is 0 Å². The van der Waals surface area contributed by atoms with Gasteiger partial charge in [0.1, 0.15) is 5.54 Å². The number of hydrogen-bond acceptors (Lipinski definition) is 5. The molecule has 5 nitrogen and oxygen atoms in total. The summed E-state index contributed by atoms with van der Waals surface area (Å²) in [5.74, 6) is 1.89. The van der Waals surface area contributed by atoms with Crippen LogP contribution in [0.25, 0.3) is 0 Å². The Morgan fingerprint density at radius 2 is 2.30 bits per heavy atom. The molecule has 0 aliphatic carbocycles. The fourth-order valence-corrected chi connectivity index (χ4v) is 4.63. The maximum absolute atomic E-state index is 12.5. The lowest BCUT2D eigenvalue weighted by Crippen LogP contribution is -2.46. The van der Waals surface area contributed by atoms with Crippen molar-refractivity contribution < 1.29 is 9.59 Å². The lowest BCUT2D eigenvalue weighted by atomic mass is 9.99. The number of urea groups is 1. The molecule has 1 aromatic heterocycles. The Kier molecular flexibility index (Phi) is 3.50. The van der Waals surface area contributed by atoms with Crippen LogP contribution in [0.1, 0.15) is 36.9 Å². The van der Waals surface area contributed by atoms with Crippen molar-refractivity contribution in [2.75, 3.05) is 11.5 Å². The summed E-state index contributed by atoms with van der Waals surface area (Å²) < 4.78 is 0. The van der Waals surface area contributed by atoms with E-state index in [2.05, 4.69) is 24.1 Å². The van der Waals surface area contributed by atoms with Gasteiger partial charge in [0.25, 0.3) is 5.91 Å². The molecule has 2 aliphatic rings. The van der Waals surface area contributed by atoms with Crippen LogP contribution in [-0.4, -0.2) is 38.9 Å². The van der Waals surface area contributed by atoms with E-state index in [1.54, 1.807) is 23.1 Å². The number of aromatic nitrogens is 1. The van der Waals surface area contributed by atoms with E-state index in [4.69, 9.17) is 0 Å². The Hall–Kier alpha value is -1.08. The fourth-order valence-electron chi connectivity index (χ4n) is 2.47. The van der Waals surface area contributed by atoms with E-state index in [0.717, 1.165) is 22.9 Å².